The van der Waals surface area contributed by atoms with Crippen LogP contribution >= 0.6 is 11.3 Å². The number of thiophene rings is 1. The second-order valence-corrected chi connectivity index (χ2v) is 6.09. The molecular formula is C17H18FNO2S. The molecule has 0 bridgehead atoms. The highest BCUT2D eigenvalue weighted by molar-refractivity contribution is 7.08. The lowest BCUT2D eigenvalue weighted by Crippen LogP contribution is -2.37. The Morgan fingerprint density at radius 3 is 2.77 bits per heavy atom. The molecule has 1 amide bonds. The van der Waals surface area contributed by atoms with Crippen LogP contribution in [0.3, 0.4) is 0 Å². The first kappa shape index (κ1) is 16.4. The van der Waals surface area contributed by atoms with Gasteiger partial charge in [-0.3, -0.25) is 4.79 Å². The number of amides is 1. The average molecular weight is 319 g/mol. The number of rotatable bonds is 5. The third kappa shape index (κ3) is 4.02. The normalized spacial score (nSPS) is 14.5. The van der Waals surface area contributed by atoms with E-state index < -0.39 is 5.60 Å². The van der Waals surface area contributed by atoms with E-state index in [9.17, 15) is 14.3 Å². The molecule has 1 aromatic heterocycles. The summed E-state index contributed by atoms with van der Waals surface area (Å²) in [6.45, 7) is 3.40. The van der Waals surface area contributed by atoms with Crippen LogP contribution in [0.2, 0.25) is 0 Å². The third-order valence-electron chi connectivity index (χ3n) is 3.40. The zero-order chi connectivity index (χ0) is 16.2. The second kappa shape index (κ2) is 6.85. The van der Waals surface area contributed by atoms with E-state index >= 15 is 0 Å². The van der Waals surface area contributed by atoms with Crippen LogP contribution in [-0.2, 0) is 10.4 Å². The fraction of sp³-hybridized carbons (Fsp3) is 0.235. The third-order valence-corrected chi connectivity index (χ3v) is 4.08. The van der Waals surface area contributed by atoms with E-state index in [-0.39, 0.29) is 18.3 Å². The number of benzene rings is 1. The van der Waals surface area contributed by atoms with Crippen molar-refractivity contribution in [3.8, 4) is 0 Å². The van der Waals surface area contributed by atoms with Crippen LogP contribution in [0.4, 0.5) is 4.39 Å². The van der Waals surface area contributed by atoms with Crippen molar-refractivity contribution in [2.45, 2.75) is 19.4 Å². The van der Waals surface area contributed by atoms with Crippen molar-refractivity contribution in [3.63, 3.8) is 0 Å². The van der Waals surface area contributed by atoms with Crippen molar-refractivity contribution in [1.82, 2.24) is 5.32 Å². The zero-order valence-electron chi connectivity index (χ0n) is 12.5. The van der Waals surface area contributed by atoms with E-state index in [2.05, 4.69) is 5.32 Å². The summed E-state index contributed by atoms with van der Waals surface area (Å²) in [4.78, 5) is 11.9. The van der Waals surface area contributed by atoms with Crippen molar-refractivity contribution in [1.29, 1.82) is 0 Å². The van der Waals surface area contributed by atoms with Crippen LogP contribution in [0.15, 0.2) is 47.2 Å². The highest BCUT2D eigenvalue weighted by Gasteiger charge is 2.23. The molecule has 22 heavy (non-hydrogen) atoms. The summed E-state index contributed by atoms with van der Waals surface area (Å²) < 4.78 is 13.6. The maximum Gasteiger partial charge on any atom is 0.244 e. The van der Waals surface area contributed by atoms with Crippen LogP contribution < -0.4 is 5.32 Å². The van der Waals surface area contributed by atoms with Crippen molar-refractivity contribution in [2.75, 3.05) is 6.54 Å². The van der Waals surface area contributed by atoms with Gasteiger partial charge in [-0.15, -0.1) is 0 Å². The summed E-state index contributed by atoms with van der Waals surface area (Å²) in [7, 11) is 0. The lowest BCUT2D eigenvalue weighted by molar-refractivity contribution is -0.117. The Bertz CT molecular complexity index is 678. The number of allylic oxidation sites excluding steroid dienone is 1. The van der Waals surface area contributed by atoms with Gasteiger partial charge in [0.1, 0.15) is 11.4 Å². The number of aliphatic hydroxyl groups is 1. The Hall–Kier alpha value is -1.98. The predicted octanol–water partition coefficient (Wildman–Crippen LogP) is 3.31. The Balaban J connectivity index is 2.01. The first-order valence-corrected chi connectivity index (χ1v) is 7.80. The van der Waals surface area contributed by atoms with E-state index in [1.807, 2.05) is 16.8 Å². The van der Waals surface area contributed by atoms with E-state index in [1.165, 1.54) is 23.5 Å². The molecular weight excluding hydrogens is 301 g/mol. The van der Waals surface area contributed by atoms with E-state index in [0.29, 0.717) is 11.1 Å². The first-order valence-electron chi connectivity index (χ1n) is 6.86. The minimum absolute atomic E-state index is 0.0869. The lowest BCUT2D eigenvalue weighted by atomic mass is 9.99. The molecule has 2 aromatic rings. The average Bonchev–Trinajstić information content (AvgIpc) is 3.00. The summed E-state index contributed by atoms with van der Waals surface area (Å²) in [6, 6.07) is 8.11. The van der Waals surface area contributed by atoms with Gasteiger partial charge >= 0.3 is 0 Å². The van der Waals surface area contributed by atoms with E-state index in [1.54, 1.807) is 32.0 Å². The molecule has 1 unspecified atom stereocenters. The number of carbonyl (C=O) groups excluding carboxylic acids is 1. The Kier molecular flexibility index (Phi) is 5.11. The summed E-state index contributed by atoms with van der Waals surface area (Å²) >= 11 is 1.48. The molecule has 2 rings (SSSR count). The lowest BCUT2D eigenvalue weighted by Gasteiger charge is -2.22. The summed E-state index contributed by atoms with van der Waals surface area (Å²) in [5.41, 5.74) is 0.552. The van der Waals surface area contributed by atoms with Crippen LogP contribution in [0.5, 0.6) is 0 Å². The van der Waals surface area contributed by atoms with Crippen LogP contribution in [0.1, 0.15) is 25.0 Å². The molecule has 0 aliphatic rings. The Morgan fingerprint density at radius 2 is 2.14 bits per heavy atom. The molecule has 2 N–H and O–H groups in total. The standard InChI is InChI=1S/C17H18FNO2S/c1-12(14-5-3-4-6-15(14)18)9-16(20)19-11-17(2,21)13-7-8-22-10-13/h3-10,21H,11H2,1-2H3,(H,19,20). The van der Waals surface area contributed by atoms with Gasteiger partial charge in [-0.25, -0.2) is 4.39 Å². The molecule has 1 aromatic carbocycles. The van der Waals surface area contributed by atoms with Gasteiger partial charge in [-0.1, -0.05) is 18.2 Å². The molecule has 1 atom stereocenters. The van der Waals surface area contributed by atoms with Gasteiger partial charge in [0.2, 0.25) is 5.91 Å². The molecule has 1 heterocycles. The monoisotopic (exact) mass is 319 g/mol. The number of halogens is 1. The van der Waals surface area contributed by atoms with Crippen molar-refractivity contribution >= 4 is 22.8 Å². The molecule has 0 radical (unpaired) electrons. The molecule has 3 nitrogen and oxygen atoms in total. The number of nitrogens with one attached hydrogen (secondary N) is 1. The molecule has 0 fully saturated rings. The van der Waals surface area contributed by atoms with Crippen LogP contribution in [0, 0.1) is 5.82 Å². The number of carbonyl (C=O) groups is 1. The van der Waals surface area contributed by atoms with Gasteiger partial charge in [-0.2, -0.15) is 11.3 Å². The second-order valence-electron chi connectivity index (χ2n) is 5.31. The van der Waals surface area contributed by atoms with Crippen molar-refractivity contribution in [2.24, 2.45) is 0 Å². The minimum Gasteiger partial charge on any atom is -0.384 e. The van der Waals surface area contributed by atoms with Gasteiger partial charge in [0.05, 0.1) is 6.54 Å². The van der Waals surface area contributed by atoms with Gasteiger partial charge in [0, 0.05) is 11.6 Å². The zero-order valence-corrected chi connectivity index (χ0v) is 13.3. The fourth-order valence-corrected chi connectivity index (χ4v) is 2.82. The number of hydrogen-bond donors (Lipinski definition) is 2. The van der Waals surface area contributed by atoms with Crippen molar-refractivity contribution in [3.05, 3.63) is 64.1 Å². The van der Waals surface area contributed by atoms with E-state index in [0.717, 1.165) is 5.56 Å². The Labute approximate surface area is 133 Å². The molecule has 0 spiro atoms. The van der Waals surface area contributed by atoms with Gasteiger partial charge in [-0.05, 0) is 47.9 Å². The fourth-order valence-electron chi connectivity index (χ4n) is 2.04. The summed E-state index contributed by atoms with van der Waals surface area (Å²) in [6.07, 6.45) is 1.34. The largest absolute Gasteiger partial charge is 0.384 e. The maximum absolute atomic E-state index is 13.6. The SMILES string of the molecule is CC(=CC(=O)NCC(C)(O)c1ccsc1)c1ccccc1F. The summed E-state index contributed by atoms with van der Waals surface area (Å²) in [5, 5.41) is 16.7. The smallest absolute Gasteiger partial charge is 0.244 e. The van der Waals surface area contributed by atoms with Gasteiger partial charge < -0.3 is 10.4 Å². The van der Waals surface area contributed by atoms with Crippen LogP contribution in [-0.4, -0.2) is 17.6 Å². The minimum atomic E-state index is -1.13. The quantitative estimate of drug-likeness (QED) is 0.831. The Morgan fingerprint density at radius 1 is 1.41 bits per heavy atom. The topological polar surface area (TPSA) is 49.3 Å². The molecule has 5 heteroatoms. The molecule has 0 saturated heterocycles. The van der Waals surface area contributed by atoms with Gasteiger partial charge in [0.15, 0.2) is 0 Å². The molecule has 116 valence electrons. The molecule has 0 aliphatic carbocycles. The number of hydrogen-bond acceptors (Lipinski definition) is 3. The molecule has 0 aliphatic heterocycles. The summed E-state index contributed by atoms with van der Waals surface area (Å²) in [5.74, 6) is -0.731. The maximum atomic E-state index is 13.6. The highest BCUT2D eigenvalue weighted by Crippen LogP contribution is 2.22. The van der Waals surface area contributed by atoms with Crippen molar-refractivity contribution < 1.29 is 14.3 Å². The predicted molar refractivity (Wildman–Crippen MR) is 87.0 cm³/mol. The molecule has 0 saturated carbocycles. The first-order chi connectivity index (χ1) is 10.4. The van der Waals surface area contributed by atoms with Gasteiger partial charge in [0.25, 0.3) is 0 Å². The van der Waals surface area contributed by atoms with E-state index in [4.69, 9.17) is 0 Å². The van der Waals surface area contributed by atoms with Crippen LogP contribution in [0.25, 0.3) is 5.57 Å². The highest BCUT2D eigenvalue weighted by atomic mass is 32.1.